The van der Waals surface area contributed by atoms with Gasteiger partial charge in [-0.2, -0.15) is 0 Å². The maximum atomic E-state index is 5.42. The lowest BCUT2D eigenvalue weighted by Gasteiger charge is -2.35. The molecule has 0 bridgehead atoms. The van der Waals surface area contributed by atoms with Crippen molar-refractivity contribution < 1.29 is 4.74 Å². The van der Waals surface area contributed by atoms with Gasteiger partial charge in [-0.1, -0.05) is 20.8 Å². The van der Waals surface area contributed by atoms with Crippen molar-refractivity contribution in [1.82, 2.24) is 15.5 Å². The van der Waals surface area contributed by atoms with E-state index in [1.165, 1.54) is 25.7 Å². The molecule has 25 heavy (non-hydrogen) atoms. The molecule has 5 nitrogen and oxygen atoms in total. The number of halogens is 1. The third kappa shape index (κ3) is 8.91. The quantitative estimate of drug-likeness (QED) is 0.359. The highest BCUT2D eigenvalue weighted by Crippen LogP contribution is 2.34. The Morgan fingerprint density at radius 1 is 1.24 bits per heavy atom. The number of aliphatic imine (C=N–C) groups is 1. The Balaban J connectivity index is 0.00000312. The third-order valence-corrected chi connectivity index (χ3v) is 5.26. The molecule has 2 N–H and O–H groups in total. The fourth-order valence-corrected chi connectivity index (χ4v) is 3.59. The van der Waals surface area contributed by atoms with Gasteiger partial charge in [-0.15, -0.1) is 24.0 Å². The van der Waals surface area contributed by atoms with Gasteiger partial charge in [0.25, 0.3) is 0 Å². The van der Waals surface area contributed by atoms with E-state index in [1.807, 2.05) is 0 Å². The van der Waals surface area contributed by atoms with E-state index in [0.29, 0.717) is 17.4 Å². The van der Waals surface area contributed by atoms with Crippen LogP contribution in [0, 0.1) is 11.3 Å². The highest BCUT2D eigenvalue weighted by Gasteiger charge is 2.27. The fourth-order valence-electron chi connectivity index (χ4n) is 3.59. The lowest BCUT2D eigenvalue weighted by Crippen LogP contribution is -2.46. The third-order valence-electron chi connectivity index (χ3n) is 5.26. The van der Waals surface area contributed by atoms with Crippen LogP contribution in [-0.2, 0) is 4.74 Å². The monoisotopic (exact) mass is 466 g/mol. The molecule has 1 unspecified atom stereocenters. The SMILES string of the molecule is CCNC(=NCC(C)CN1CCOCC1)NC1CCC(C)(C)CC1.I. The minimum atomic E-state index is 0. The van der Waals surface area contributed by atoms with Crippen molar-refractivity contribution >= 4 is 29.9 Å². The molecule has 0 amide bonds. The van der Waals surface area contributed by atoms with Gasteiger partial charge in [-0.05, 0) is 43.9 Å². The van der Waals surface area contributed by atoms with Crippen molar-refractivity contribution in [3.05, 3.63) is 0 Å². The number of guanidine groups is 1. The molecule has 1 heterocycles. The molecule has 0 aromatic carbocycles. The maximum Gasteiger partial charge on any atom is 0.191 e. The van der Waals surface area contributed by atoms with Gasteiger partial charge in [0.1, 0.15) is 0 Å². The maximum absolute atomic E-state index is 5.42. The number of ether oxygens (including phenoxy) is 1. The molecule has 1 aliphatic heterocycles. The summed E-state index contributed by atoms with van der Waals surface area (Å²) in [5.74, 6) is 1.57. The average Bonchev–Trinajstić information content (AvgIpc) is 2.56. The van der Waals surface area contributed by atoms with Gasteiger partial charge >= 0.3 is 0 Å². The van der Waals surface area contributed by atoms with Gasteiger partial charge in [-0.25, -0.2) is 0 Å². The Morgan fingerprint density at radius 3 is 2.48 bits per heavy atom. The predicted molar refractivity (Wildman–Crippen MR) is 117 cm³/mol. The van der Waals surface area contributed by atoms with Gasteiger partial charge < -0.3 is 15.4 Å². The van der Waals surface area contributed by atoms with Crippen LogP contribution < -0.4 is 10.6 Å². The van der Waals surface area contributed by atoms with Crippen LogP contribution in [0.1, 0.15) is 53.4 Å². The molecule has 2 fully saturated rings. The zero-order valence-electron chi connectivity index (χ0n) is 16.6. The minimum absolute atomic E-state index is 0. The van der Waals surface area contributed by atoms with Crippen LogP contribution in [0.3, 0.4) is 0 Å². The van der Waals surface area contributed by atoms with Crippen LogP contribution in [0.15, 0.2) is 4.99 Å². The summed E-state index contributed by atoms with van der Waals surface area (Å²) < 4.78 is 5.42. The van der Waals surface area contributed by atoms with E-state index in [1.54, 1.807) is 0 Å². The van der Waals surface area contributed by atoms with Gasteiger partial charge in [0.05, 0.1) is 13.2 Å². The standard InChI is InChI=1S/C19H38N4O.HI/c1-5-20-18(22-17-6-8-19(3,4)9-7-17)21-14-16(2)15-23-10-12-24-13-11-23;/h16-17H,5-15H2,1-4H3,(H2,20,21,22);1H. The number of nitrogens with one attached hydrogen (secondary N) is 2. The largest absolute Gasteiger partial charge is 0.379 e. The van der Waals surface area contributed by atoms with Crippen LogP contribution in [-0.4, -0.2) is 62.8 Å². The molecule has 6 heteroatoms. The molecular weight excluding hydrogens is 427 g/mol. The van der Waals surface area contributed by atoms with E-state index in [-0.39, 0.29) is 24.0 Å². The second-order valence-corrected chi connectivity index (χ2v) is 8.32. The van der Waals surface area contributed by atoms with Gasteiger partial charge in [-0.3, -0.25) is 9.89 Å². The molecule has 1 atom stereocenters. The molecule has 0 aromatic heterocycles. The molecule has 2 aliphatic rings. The van der Waals surface area contributed by atoms with Crippen molar-refractivity contribution in [2.75, 3.05) is 45.9 Å². The summed E-state index contributed by atoms with van der Waals surface area (Å²) in [5, 5.41) is 7.07. The number of hydrogen-bond donors (Lipinski definition) is 2. The summed E-state index contributed by atoms with van der Waals surface area (Å²) >= 11 is 0. The van der Waals surface area contributed by atoms with Crippen LogP contribution >= 0.6 is 24.0 Å². The molecule has 0 aromatic rings. The van der Waals surface area contributed by atoms with Crippen molar-refractivity contribution in [2.45, 2.75) is 59.4 Å². The lowest BCUT2D eigenvalue weighted by molar-refractivity contribution is 0.0323. The summed E-state index contributed by atoms with van der Waals surface area (Å²) in [5.41, 5.74) is 0.514. The van der Waals surface area contributed by atoms with Crippen molar-refractivity contribution in [3.63, 3.8) is 0 Å². The van der Waals surface area contributed by atoms with Gasteiger partial charge in [0.15, 0.2) is 5.96 Å². The van der Waals surface area contributed by atoms with E-state index < -0.39 is 0 Å². The zero-order chi connectivity index (χ0) is 17.4. The topological polar surface area (TPSA) is 48.9 Å². The average molecular weight is 466 g/mol. The second kappa shape index (κ2) is 11.6. The predicted octanol–water partition coefficient (Wildman–Crippen LogP) is 3.10. The molecule has 0 radical (unpaired) electrons. The van der Waals surface area contributed by atoms with Crippen LogP contribution in [0.25, 0.3) is 0 Å². The summed E-state index contributed by atoms with van der Waals surface area (Å²) in [7, 11) is 0. The zero-order valence-corrected chi connectivity index (χ0v) is 19.0. The van der Waals surface area contributed by atoms with Gasteiger partial charge in [0, 0.05) is 38.8 Å². The molecule has 1 saturated heterocycles. The smallest absolute Gasteiger partial charge is 0.191 e. The van der Waals surface area contributed by atoms with E-state index in [0.717, 1.165) is 51.9 Å². The first-order chi connectivity index (χ1) is 11.5. The van der Waals surface area contributed by atoms with E-state index >= 15 is 0 Å². The fraction of sp³-hybridized carbons (Fsp3) is 0.947. The minimum Gasteiger partial charge on any atom is -0.379 e. The van der Waals surface area contributed by atoms with Crippen LogP contribution in [0.4, 0.5) is 0 Å². The lowest BCUT2D eigenvalue weighted by atomic mass is 9.75. The van der Waals surface area contributed by atoms with Crippen molar-refractivity contribution in [1.29, 1.82) is 0 Å². The Morgan fingerprint density at radius 2 is 1.88 bits per heavy atom. The molecular formula is C19H39IN4O. The normalized spacial score (nSPS) is 23.6. The molecule has 2 rings (SSSR count). The Kier molecular flexibility index (Phi) is 10.6. The van der Waals surface area contributed by atoms with Crippen LogP contribution in [0.2, 0.25) is 0 Å². The Bertz CT molecular complexity index is 387. The number of nitrogens with zero attached hydrogens (tertiary/aromatic N) is 2. The molecule has 1 aliphatic carbocycles. The second-order valence-electron chi connectivity index (χ2n) is 8.32. The van der Waals surface area contributed by atoms with E-state index in [2.05, 4.69) is 43.2 Å². The summed E-state index contributed by atoms with van der Waals surface area (Å²) in [6, 6.07) is 0.574. The summed E-state index contributed by atoms with van der Waals surface area (Å²) in [6.45, 7) is 16.0. The van der Waals surface area contributed by atoms with Crippen molar-refractivity contribution in [2.24, 2.45) is 16.3 Å². The number of morpholine rings is 1. The number of rotatable bonds is 6. The number of hydrogen-bond acceptors (Lipinski definition) is 3. The summed E-state index contributed by atoms with van der Waals surface area (Å²) in [4.78, 5) is 7.34. The summed E-state index contributed by atoms with van der Waals surface area (Å²) in [6.07, 6.45) is 5.11. The van der Waals surface area contributed by atoms with Crippen LogP contribution in [0.5, 0.6) is 0 Å². The van der Waals surface area contributed by atoms with Crippen molar-refractivity contribution in [3.8, 4) is 0 Å². The molecule has 0 spiro atoms. The first-order valence-corrected chi connectivity index (χ1v) is 9.83. The molecule has 148 valence electrons. The van der Waals surface area contributed by atoms with E-state index in [9.17, 15) is 0 Å². The first kappa shape index (κ1) is 23.0. The molecule has 1 saturated carbocycles. The highest BCUT2D eigenvalue weighted by atomic mass is 127. The van der Waals surface area contributed by atoms with E-state index in [4.69, 9.17) is 9.73 Å². The Labute approximate surface area is 171 Å². The Hall–Kier alpha value is -0.0800. The first-order valence-electron chi connectivity index (χ1n) is 9.83. The highest BCUT2D eigenvalue weighted by molar-refractivity contribution is 14.0. The van der Waals surface area contributed by atoms with Gasteiger partial charge in [0.2, 0.25) is 0 Å².